The van der Waals surface area contributed by atoms with Crippen LogP contribution in [0, 0.1) is 5.92 Å². The summed E-state index contributed by atoms with van der Waals surface area (Å²) < 4.78 is 0. The van der Waals surface area contributed by atoms with Gasteiger partial charge in [-0.15, -0.1) is 0 Å². The monoisotopic (exact) mass is 310 g/mol. The fourth-order valence-electron chi connectivity index (χ4n) is 2.86. The van der Waals surface area contributed by atoms with Crippen molar-refractivity contribution in [3.63, 3.8) is 0 Å². The Morgan fingerprint density at radius 2 is 2.10 bits per heavy atom. The first-order chi connectivity index (χ1) is 9.60. The molecule has 0 aromatic heterocycles. The van der Waals surface area contributed by atoms with Crippen LogP contribution in [0.5, 0.6) is 0 Å². The molecule has 0 saturated carbocycles. The lowest BCUT2D eigenvalue weighted by molar-refractivity contribution is 0.139. The summed E-state index contributed by atoms with van der Waals surface area (Å²) in [7, 11) is 2.23. The summed E-state index contributed by atoms with van der Waals surface area (Å²) in [5.41, 5.74) is 1.05. The van der Waals surface area contributed by atoms with Crippen LogP contribution in [0.2, 0.25) is 5.02 Å². The van der Waals surface area contributed by atoms with E-state index in [0.29, 0.717) is 0 Å². The van der Waals surface area contributed by atoms with Crippen molar-refractivity contribution in [2.45, 2.75) is 32.2 Å². The quantitative estimate of drug-likeness (QED) is 0.853. The fourth-order valence-corrected chi connectivity index (χ4v) is 3.20. The Hall–Kier alpha value is -0.640. The molecular formula is C16H23ClN2S. The fraction of sp³-hybridized carbons (Fsp3) is 0.562. The van der Waals surface area contributed by atoms with E-state index in [1.54, 1.807) is 0 Å². The SMILES string of the molecule is CCC1CC(CNC(=S)c2ccc(Cl)cc2)CCN1C. The van der Waals surface area contributed by atoms with Crippen molar-refractivity contribution in [2.75, 3.05) is 20.1 Å². The molecule has 0 bridgehead atoms. The largest absolute Gasteiger partial charge is 0.376 e. The molecule has 1 aromatic carbocycles. The molecule has 1 fully saturated rings. The zero-order chi connectivity index (χ0) is 14.5. The maximum absolute atomic E-state index is 5.89. The lowest BCUT2D eigenvalue weighted by atomic mass is 9.90. The van der Waals surface area contributed by atoms with E-state index < -0.39 is 0 Å². The number of benzene rings is 1. The van der Waals surface area contributed by atoms with Crippen molar-refractivity contribution in [1.82, 2.24) is 10.2 Å². The number of likely N-dealkylation sites (tertiary alicyclic amines) is 1. The second kappa shape index (κ2) is 7.39. The molecule has 0 aliphatic carbocycles. The van der Waals surface area contributed by atoms with Crippen LogP contribution >= 0.6 is 23.8 Å². The predicted molar refractivity (Wildman–Crippen MR) is 90.6 cm³/mol. The molecule has 1 saturated heterocycles. The predicted octanol–water partition coefficient (Wildman–Crippen LogP) is 3.73. The molecule has 20 heavy (non-hydrogen) atoms. The zero-order valence-corrected chi connectivity index (χ0v) is 13.8. The van der Waals surface area contributed by atoms with Crippen molar-refractivity contribution in [2.24, 2.45) is 5.92 Å². The third kappa shape index (κ3) is 4.18. The summed E-state index contributed by atoms with van der Waals surface area (Å²) in [5.74, 6) is 0.724. The maximum atomic E-state index is 5.89. The third-order valence-corrected chi connectivity index (χ3v) is 4.88. The minimum absolute atomic E-state index is 0.722. The Kier molecular flexibility index (Phi) is 5.82. The lowest BCUT2D eigenvalue weighted by Gasteiger charge is -2.36. The highest BCUT2D eigenvalue weighted by molar-refractivity contribution is 7.80. The van der Waals surface area contributed by atoms with E-state index in [1.807, 2.05) is 24.3 Å². The van der Waals surface area contributed by atoms with E-state index in [2.05, 4.69) is 24.2 Å². The number of hydrogen-bond donors (Lipinski definition) is 1. The molecule has 110 valence electrons. The van der Waals surface area contributed by atoms with Gasteiger partial charge >= 0.3 is 0 Å². The van der Waals surface area contributed by atoms with Gasteiger partial charge in [-0.2, -0.15) is 0 Å². The van der Waals surface area contributed by atoms with Gasteiger partial charge < -0.3 is 10.2 Å². The van der Waals surface area contributed by atoms with E-state index in [1.165, 1.54) is 25.8 Å². The van der Waals surface area contributed by atoms with Gasteiger partial charge in [0, 0.05) is 23.2 Å². The van der Waals surface area contributed by atoms with E-state index in [0.717, 1.165) is 34.1 Å². The first kappa shape index (κ1) is 15.7. The number of rotatable bonds is 4. The molecule has 0 radical (unpaired) electrons. The van der Waals surface area contributed by atoms with E-state index in [9.17, 15) is 0 Å². The average molecular weight is 311 g/mol. The minimum atomic E-state index is 0.722. The number of piperidine rings is 1. The Bertz CT molecular complexity index is 446. The smallest absolute Gasteiger partial charge is 0.106 e. The molecule has 1 heterocycles. The molecule has 1 aromatic rings. The van der Waals surface area contributed by atoms with Crippen LogP contribution < -0.4 is 5.32 Å². The van der Waals surface area contributed by atoms with Crippen LogP contribution in [0.15, 0.2) is 24.3 Å². The van der Waals surface area contributed by atoms with Gasteiger partial charge in [0.2, 0.25) is 0 Å². The van der Waals surface area contributed by atoms with Crippen LogP contribution in [-0.4, -0.2) is 36.1 Å². The molecule has 2 rings (SSSR count). The van der Waals surface area contributed by atoms with Gasteiger partial charge in [-0.1, -0.05) is 42.9 Å². The van der Waals surface area contributed by atoms with Gasteiger partial charge in [-0.3, -0.25) is 0 Å². The normalized spacial score (nSPS) is 23.6. The molecule has 0 spiro atoms. The minimum Gasteiger partial charge on any atom is -0.376 e. The summed E-state index contributed by atoms with van der Waals surface area (Å²) in [4.78, 5) is 3.31. The summed E-state index contributed by atoms with van der Waals surface area (Å²) in [5, 5.41) is 4.17. The average Bonchev–Trinajstić information content (AvgIpc) is 2.46. The number of thiocarbonyl (C=S) groups is 1. The van der Waals surface area contributed by atoms with Gasteiger partial charge in [0.15, 0.2) is 0 Å². The van der Waals surface area contributed by atoms with Gasteiger partial charge in [0.1, 0.15) is 4.99 Å². The highest BCUT2D eigenvalue weighted by atomic mass is 35.5. The van der Waals surface area contributed by atoms with Crippen LogP contribution in [0.25, 0.3) is 0 Å². The Morgan fingerprint density at radius 3 is 2.75 bits per heavy atom. The Labute approximate surface area is 132 Å². The molecule has 4 heteroatoms. The second-order valence-corrected chi connectivity index (χ2v) is 6.49. The van der Waals surface area contributed by atoms with Crippen molar-refractivity contribution >= 4 is 28.8 Å². The van der Waals surface area contributed by atoms with Gasteiger partial charge in [0.05, 0.1) is 0 Å². The maximum Gasteiger partial charge on any atom is 0.106 e. The summed E-state index contributed by atoms with van der Waals surface area (Å²) >= 11 is 11.3. The number of hydrogen-bond acceptors (Lipinski definition) is 2. The van der Waals surface area contributed by atoms with Crippen LogP contribution in [0.4, 0.5) is 0 Å². The molecule has 2 nitrogen and oxygen atoms in total. The molecule has 1 aliphatic rings. The lowest BCUT2D eigenvalue weighted by Crippen LogP contribution is -2.42. The molecule has 0 amide bonds. The van der Waals surface area contributed by atoms with E-state index >= 15 is 0 Å². The molecule has 1 N–H and O–H groups in total. The van der Waals surface area contributed by atoms with Crippen LogP contribution in [0.3, 0.4) is 0 Å². The zero-order valence-electron chi connectivity index (χ0n) is 12.2. The topological polar surface area (TPSA) is 15.3 Å². The van der Waals surface area contributed by atoms with Gasteiger partial charge in [-0.25, -0.2) is 0 Å². The number of halogens is 1. The summed E-state index contributed by atoms with van der Waals surface area (Å²) in [6.45, 7) is 4.44. The highest BCUT2D eigenvalue weighted by Crippen LogP contribution is 2.23. The Balaban J connectivity index is 1.83. The number of nitrogens with zero attached hydrogens (tertiary/aromatic N) is 1. The van der Waals surface area contributed by atoms with E-state index in [-0.39, 0.29) is 0 Å². The van der Waals surface area contributed by atoms with Crippen LogP contribution in [0.1, 0.15) is 31.7 Å². The number of nitrogens with one attached hydrogen (secondary N) is 1. The van der Waals surface area contributed by atoms with Gasteiger partial charge in [0.25, 0.3) is 0 Å². The van der Waals surface area contributed by atoms with Crippen LogP contribution in [-0.2, 0) is 0 Å². The molecule has 1 aliphatic heterocycles. The molecule has 2 atom stereocenters. The third-order valence-electron chi connectivity index (χ3n) is 4.25. The van der Waals surface area contributed by atoms with Crippen molar-refractivity contribution in [3.8, 4) is 0 Å². The van der Waals surface area contributed by atoms with Crippen molar-refractivity contribution in [1.29, 1.82) is 0 Å². The van der Waals surface area contributed by atoms with Crippen molar-refractivity contribution in [3.05, 3.63) is 34.9 Å². The van der Waals surface area contributed by atoms with Gasteiger partial charge in [-0.05, 0) is 50.9 Å². The first-order valence-corrected chi connectivity index (χ1v) is 8.12. The highest BCUT2D eigenvalue weighted by Gasteiger charge is 2.24. The summed E-state index contributed by atoms with van der Waals surface area (Å²) in [6, 6.07) is 8.43. The molecule has 2 unspecified atom stereocenters. The second-order valence-electron chi connectivity index (χ2n) is 5.65. The first-order valence-electron chi connectivity index (χ1n) is 7.34. The summed E-state index contributed by atoms with van der Waals surface area (Å²) in [6.07, 6.45) is 3.75. The Morgan fingerprint density at radius 1 is 1.40 bits per heavy atom. The standard InChI is InChI=1S/C16H23ClN2S/c1-3-15-10-12(8-9-19(15)2)11-18-16(20)13-4-6-14(17)7-5-13/h4-7,12,15H,3,8-11H2,1-2H3,(H,18,20). The van der Waals surface area contributed by atoms with Crippen molar-refractivity contribution < 1.29 is 0 Å². The molecular weight excluding hydrogens is 288 g/mol. The van der Waals surface area contributed by atoms with E-state index in [4.69, 9.17) is 23.8 Å².